The van der Waals surface area contributed by atoms with E-state index >= 15 is 8.78 Å². The normalized spacial score (nSPS) is 21.3. The van der Waals surface area contributed by atoms with E-state index in [0.717, 1.165) is 22.3 Å². The summed E-state index contributed by atoms with van der Waals surface area (Å²) in [6.45, 7) is 1.55. The molecule has 9 heteroatoms. The molecular formula is C38H40F2O7. The number of carbonyl (C=O) groups is 1. The van der Waals surface area contributed by atoms with Crippen LogP contribution in [0.25, 0.3) is 0 Å². The average Bonchev–Trinajstić information content (AvgIpc) is 3.11. The largest absolute Gasteiger partial charge is 0.461 e. The lowest BCUT2D eigenvalue weighted by molar-refractivity contribution is -0.307. The molecule has 4 aromatic rings. The monoisotopic (exact) mass is 646 g/mol. The van der Waals surface area contributed by atoms with E-state index in [0.29, 0.717) is 0 Å². The highest BCUT2D eigenvalue weighted by Gasteiger charge is 2.61. The van der Waals surface area contributed by atoms with Gasteiger partial charge in [0.15, 0.2) is 6.10 Å². The Labute approximate surface area is 274 Å². The van der Waals surface area contributed by atoms with Crippen LogP contribution in [-0.4, -0.2) is 55.6 Å². The molecule has 0 bridgehead atoms. The van der Waals surface area contributed by atoms with Crippen molar-refractivity contribution >= 4 is 5.97 Å². The van der Waals surface area contributed by atoms with Crippen LogP contribution in [-0.2, 0) is 59.6 Å². The second-order valence-electron chi connectivity index (χ2n) is 11.2. The van der Waals surface area contributed by atoms with E-state index in [1.54, 1.807) is 0 Å². The molecule has 1 saturated heterocycles. The smallest absolute Gasteiger partial charge is 0.379 e. The fourth-order valence-corrected chi connectivity index (χ4v) is 5.42. The van der Waals surface area contributed by atoms with Crippen molar-refractivity contribution in [1.29, 1.82) is 0 Å². The molecule has 0 spiro atoms. The van der Waals surface area contributed by atoms with E-state index in [1.807, 2.05) is 121 Å². The highest BCUT2D eigenvalue weighted by molar-refractivity contribution is 5.78. The second kappa shape index (κ2) is 17.2. The molecule has 1 fully saturated rings. The van der Waals surface area contributed by atoms with Crippen molar-refractivity contribution in [2.75, 3.05) is 13.2 Å². The molecule has 248 valence electrons. The molecule has 5 rings (SSSR count). The number of hydrogen-bond donors (Lipinski definition) is 0. The number of esters is 1. The van der Waals surface area contributed by atoms with E-state index in [9.17, 15) is 4.79 Å². The Morgan fingerprint density at radius 2 is 1.02 bits per heavy atom. The van der Waals surface area contributed by atoms with Gasteiger partial charge in [0, 0.05) is 0 Å². The van der Waals surface area contributed by atoms with Crippen LogP contribution in [0.2, 0.25) is 0 Å². The minimum atomic E-state index is -4.08. The van der Waals surface area contributed by atoms with Gasteiger partial charge in [-0.3, -0.25) is 0 Å². The van der Waals surface area contributed by atoms with Crippen LogP contribution < -0.4 is 0 Å². The van der Waals surface area contributed by atoms with E-state index in [4.69, 9.17) is 28.4 Å². The zero-order valence-corrected chi connectivity index (χ0v) is 26.3. The number of alkyl halides is 2. The summed E-state index contributed by atoms with van der Waals surface area (Å²) in [6, 6.07) is 37.5. The maximum absolute atomic E-state index is 16.1. The molecule has 0 aromatic heterocycles. The fraction of sp³-hybridized carbons (Fsp3) is 0.342. The summed E-state index contributed by atoms with van der Waals surface area (Å²) < 4.78 is 68.4. The van der Waals surface area contributed by atoms with Gasteiger partial charge in [0.25, 0.3) is 0 Å². The summed E-state index contributed by atoms with van der Waals surface area (Å²) in [5.74, 6) is -5.78. The topological polar surface area (TPSA) is 72.5 Å². The SMILES string of the molecule is CCOC(=O)C(F)(F)[C@@H]1O[C@H](COCc2ccccc2)[C@H](OCc2ccccc2)[C@H](OCc2ccccc2)[C@H]1OCc1ccccc1. The van der Waals surface area contributed by atoms with Crippen molar-refractivity contribution in [3.05, 3.63) is 144 Å². The molecular weight excluding hydrogens is 606 g/mol. The quantitative estimate of drug-likeness (QED) is 0.122. The van der Waals surface area contributed by atoms with E-state index in [-0.39, 0.29) is 39.6 Å². The van der Waals surface area contributed by atoms with Crippen LogP contribution in [0.5, 0.6) is 0 Å². The molecule has 0 amide bonds. The van der Waals surface area contributed by atoms with Gasteiger partial charge in [-0.25, -0.2) is 4.79 Å². The third kappa shape index (κ3) is 9.53. The molecule has 1 heterocycles. The molecule has 0 unspecified atom stereocenters. The van der Waals surface area contributed by atoms with E-state index in [1.165, 1.54) is 6.92 Å². The first-order valence-electron chi connectivity index (χ1n) is 15.7. The van der Waals surface area contributed by atoms with Crippen LogP contribution in [0, 0.1) is 0 Å². The number of hydrogen-bond acceptors (Lipinski definition) is 7. The zero-order chi connectivity index (χ0) is 32.9. The predicted octanol–water partition coefficient (Wildman–Crippen LogP) is 6.93. The predicted molar refractivity (Wildman–Crippen MR) is 171 cm³/mol. The molecule has 7 nitrogen and oxygen atoms in total. The summed E-state index contributed by atoms with van der Waals surface area (Å²) in [5, 5.41) is 0. The van der Waals surface area contributed by atoms with Gasteiger partial charge < -0.3 is 28.4 Å². The van der Waals surface area contributed by atoms with Gasteiger partial charge in [0.1, 0.15) is 24.4 Å². The molecule has 0 radical (unpaired) electrons. The Morgan fingerprint density at radius 3 is 1.47 bits per heavy atom. The van der Waals surface area contributed by atoms with Crippen LogP contribution >= 0.6 is 0 Å². The Hall–Kier alpha value is -3.99. The van der Waals surface area contributed by atoms with Gasteiger partial charge in [-0.05, 0) is 29.2 Å². The number of halogens is 2. The van der Waals surface area contributed by atoms with Crippen molar-refractivity contribution in [3.8, 4) is 0 Å². The molecule has 0 saturated carbocycles. The van der Waals surface area contributed by atoms with Gasteiger partial charge >= 0.3 is 11.9 Å². The zero-order valence-electron chi connectivity index (χ0n) is 26.3. The lowest BCUT2D eigenvalue weighted by Crippen LogP contribution is -2.66. The molecule has 0 N–H and O–H groups in total. The number of benzene rings is 4. The van der Waals surface area contributed by atoms with Gasteiger partial charge in [-0.1, -0.05) is 121 Å². The van der Waals surface area contributed by atoms with Crippen molar-refractivity contribution in [1.82, 2.24) is 0 Å². The first-order chi connectivity index (χ1) is 23.0. The van der Waals surface area contributed by atoms with Crippen molar-refractivity contribution in [2.45, 2.75) is 69.8 Å². The third-order valence-corrected chi connectivity index (χ3v) is 7.79. The molecule has 1 aliphatic rings. The molecule has 0 aliphatic carbocycles. The molecule has 4 aromatic carbocycles. The van der Waals surface area contributed by atoms with Crippen LogP contribution in [0.4, 0.5) is 8.78 Å². The summed E-state index contributed by atoms with van der Waals surface area (Å²) in [5.41, 5.74) is 3.36. The average molecular weight is 647 g/mol. The lowest BCUT2D eigenvalue weighted by atomic mass is 9.90. The maximum atomic E-state index is 16.1. The molecule has 5 atom stereocenters. The first kappa shape index (κ1) is 34.3. The Kier molecular flexibility index (Phi) is 12.6. The second-order valence-corrected chi connectivity index (χ2v) is 11.2. The van der Waals surface area contributed by atoms with E-state index in [2.05, 4.69) is 0 Å². The van der Waals surface area contributed by atoms with Crippen LogP contribution in [0.1, 0.15) is 29.2 Å². The standard InChI is InChI=1S/C38H40F2O7/c1-2-43-37(41)38(39,40)36-35(46-26-31-21-13-6-14-22-31)34(45-25-30-19-11-5-12-20-30)33(44-24-29-17-9-4-10-18-29)32(47-36)27-42-23-28-15-7-3-8-16-28/h3-22,32-36H,2,23-27H2,1H3/t32-,33+,34+,35-,36-/m1/s1. The summed E-state index contributed by atoms with van der Waals surface area (Å²) in [4.78, 5) is 12.8. The van der Waals surface area contributed by atoms with Gasteiger partial charge in [-0.15, -0.1) is 0 Å². The fourth-order valence-electron chi connectivity index (χ4n) is 5.42. The Bertz CT molecular complexity index is 1480. The number of rotatable bonds is 16. The first-order valence-corrected chi connectivity index (χ1v) is 15.7. The van der Waals surface area contributed by atoms with Gasteiger partial charge in [0.2, 0.25) is 0 Å². The Morgan fingerprint density at radius 1 is 0.617 bits per heavy atom. The van der Waals surface area contributed by atoms with Gasteiger partial charge in [0.05, 0.1) is 39.6 Å². The van der Waals surface area contributed by atoms with Crippen LogP contribution in [0.3, 0.4) is 0 Å². The summed E-state index contributed by atoms with van der Waals surface area (Å²) >= 11 is 0. The van der Waals surface area contributed by atoms with Crippen LogP contribution in [0.15, 0.2) is 121 Å². The number of carbonyl (C=O) groups excluding carboxylic acids is 1. The van der Waals surface area contributed by atoms with Crippen molar-refractivity contribution in [2.24, 2.45) is 0 Å². The minimum absolute atomic E-state index is 0.0317. The minimum Gasteiger partial charge on any atom is -0.461 e. The lowest BCUT2D eigenvalue weighted by Gasteiger charge is -2.47. The number of ether oxygens (including phenoxy) is 6. The van der Waals surface area contributed by atoms with Gasteiger partial charge in [-0.2, -0.15) is 8.78 Å². The van der Waals surface area contributed by atoms with Crippen molar-refractivity contribution < 1.29 is 42.0 Å². The third-order valence-electron chi connectivity index (χ3n) is 7.79. The molecule has 47 heavy (non-hydrogen) atoms. The summed E-state index contributed by atoms with van der Waals surface area (Å²) in [6.07, 6.45) is -6.54. The van der Waals surface area contributed by atoms with E-state index < -0.39 is 42.4 Å². The highest BCUT2D eigenvalue weighted by Crippen LogP contribution is 2.38. The highest BCUT2D eigenvalue weighted by atomic mass is 19.3. The summed E-state index contributed by atoms with van der Waals surface area (Å²) in [7, 11) is 0. The maximum Gasteiger partial charge on any atom is 0.379 e. The molecule has 1 aliphatic heterocycles. The van der Waals surface area contributed by atoms with Crippen molar-refractivity contribution in [3.63, 3.8) is 0 Å². The Balaban J connectivity index is 1.50.